The molecule has 0 radical (unpaired) electrons. The molecular weight excluding hydrogens is 464 g/mol. The van der Waals surface area contributed by atoms with E-state index in [1.54, 1.807) is 0 Å². The molecule has 0 spiro atoms. The summed E-state index contributed by atoms with van der Waals surface area (Å²) in [6, 6.07) is 1.53. The molecular formula is C14H32Br2O5Si2. The number of hydrogen-bond acceptors (Lipinski definition) is 5. The molecule has 0 aromatic carbocycles. The van der Waals surface area contributed by atoms with E-state index in [1.807, 2.05) is 27.7 Å². The van der Waals surface area contributed by atoms with Gasteiger partial charge in [-0.15, -0.1) is 0 Å². The van der Waals surface area contributed by atoms with Crippen LogP contribution in [0.1, 0.15) is 40.5 Å². The Labute approximate surface area is 160 Å². The lowest BCUT2D eigenvalue weighted by atomic mass is 10.6. The van der Waals surface area contributed by atoms with Crippen LogP contribution in [0.5, 0.6) is 0 Å². The Morgan fingerprint density at radius 3 is 1.13 bits per heavy atom. The predicted molar refractivity (Wildman–Crippen MR) is 106 cm³/mol. The van der Waals surface area contributed by atoms with Crippen molar-refractivity contribution in [2.24, 2.45) is 0 Å². The van der Waals surface area contributed by atoms with Crippen molar-refractivity contribution in [2.45, 2.75) is 52.6 Å². The van der Waals surface area contributed by atoms with Crippen LogP contribution in [0.15, 0.2) is 0 Å². The molecule has 0 aliphatic heterocycles. The Morgan fingerprint density at radius 2 is 0.913 bits per heavy atom. The van der Waals surface area contributed by atoms with E-state index < -0.39 is 17.6 Å². The molecule has 0 unspecified atom stereocenters. The van der Waals surface area contributed by atoms with E-state index in [9.17, 15) is 0 Å². The van der Waals surface area contributed by atoms with Gasteiger partial charge in [0, 0.05) is 49.2 Å². The molecule has 9 heteroatoms. The van der Waals surface area contributed by atoms with Crippen LogP contribution in [0.4, 0.5) is 0 Å². The van der Waals surface area contributed by atoms with E-state index in [0.717, 1.165) is 35.6 Å². The van der Waals surface area contributed by atoms with Crippen LogP contribution < -0.4 is 0 Å². The molecule has 5 nitrogen and oxygen atoms in total. The molecule has 140 valence electrons. The Balaban J connectivity index is 5.39. The van der Waals surface area contributed by atoms with Crippen molar-refractivity contribution in [1.29, 1.82) is 0 Å². The zero-order valence-corrected chi connectivity index (χ0v) is 20.0. The molecule has 0 aromatic rings. The van der Waals surface area contributed by atoms with Crippen LogP contribution in [0.2, 0.25) is 12.1 Å². The highest BCUT2D eigenvalue weighted by molar-refractivity contribution is 9.09. The Morgan fingerprint density at radius 1 is 0.609 bits per heavy atom. The smallest absolute Gasteiger partial charge is 0.374 e. The van der Waals surface area contributed by atoms with Gasteiger partial charge in [-0.2, -0.15) is 0 Å². The summed E-state index contributed by atoms with van der Waals surface area (Å²) < 4.78 is 30.7. The van der Waals surface area contributed by atoms with Crippen LogP contribution in [-0.4, -0.2) is 54.7 Å². The Kier molecular flexibility index (Phi) is 15.1. The van der Waals surface area contributed by atoms with Crippen LogP contribution >= 0.6 is 31.9 Å². The third kappa shape index (κ3) is 9.46. The fourth-order valence-corrected chi connectivity index (χ4v) is 11.2. The number of hydrogen-bond donors (Lipinski definition) is 0. The highest BCUT2D eigenvalue weighted by Gasteiger charge is 2.52. The summed E-state index contributed by atoms with van der Waals surface area (Å²) in [4.78, 5) is 0. The van der Waals surface area contributed by atoms with Crippen molar-refractivity contribution in [2.75, 3.05) is 37.1 Å². The number of rotatable bonds is 16. The summed E-state index contributed by atoms with van der Waals surface area (Å²) in [7, 11) is -5.62. The molecule has 0 saturated heterocycles. The van der Waals surface area contributed by atoms with Crippen molar-refractivity contribution in [1.82, 2.24) is 0 Å². The van der Waals surface area contributed by atoms with Crippen molar-refractivity contribution in [3.05, 3.63) is 0 Å². The summed E-state index contributed by atoms with van der Waals surface area (Å²) in [5.74, 6) is 0. The van der Waals surface area contributed by atoms with Gasteiger partial charge in [-0.3, -0.25) is 0 Å². The minimum atomic E-state index is -2.81. The minimum Gasteiger partial charge on any atom is -0.374 e. The molecule has 23 heavy (non-hydrogen) atoms. The molecule has 0 N–H and O–H groups in total. The van der Waals surface area contributed by atoms with E-state index >= 15 is 0 Å². The van der Waals surface area contributed by atoms with Crippen molar-refractivity contribution >= 4 is 49.5 Å². The molecule has 0 aromatic heterocycles. The molecule has 0 amide bonds. The van der Waals surface area contributed by atoms with Gasteiger partial charge in [-0.05, 0) is 40.5 Å². The summed E-state index contributed by atoms with van der Waals surface area (Å²) >= 11 is 6.97. The lowest BCUT2D eigenvalue weighted by molar-refractivity contribution is 0.0494. The molecule has 0 saturated carbocycles. The second-order valence-corrected chi connectivity index (χ2v) is 12.1. The largest absolute Gasteiger partial charge is 0.493 e. The highest BCUT2D eigenvalue weighted by Crippen LogP contribution is 2.28. The molecule has 0 rings (SSSR count). The maximum Gasteiger partial charge on any atom is 0.493 e. The Bertz CT molecular complexity index is 250. The van der Waals surface area contributed by atoms with Gasteiger partial charge < -0.3 is 21.8 Å². The summed E-state index contributed by atoms with van der Waals surface area (Å²) in [6.07, 6.45) is 1.88. The molecule has 0 aliphatic rings. The lowest BCUT2D eigenvalue weighted by Crippen LogP contribution is -2.59. The molecule has 0 heterocycles. The number of halogens is 2. The first-order chi connectivity index (χ1) is 11.1. The maximum atomic E-state index is 6.54. The molecule has 0 fully saturated rings. The third-order valence-corrected chi connectivity index (χ3v) is 11.5. The van der Waals surface area contributed by atoms with Crippen LogP contribution in [-0.2, 0) is 21.8 Å². The van der Waals surface area contributed by atoms with E-state index in [1.165, 1.54) is 0 Å². The standard InChI is InChI=1S/C14H32Br2O5Si2/c1-5-17-22(18-6-2,13-9-11-15)21-23(19-7-3,20-8-4)14-10-12-16/h5-14H2,1-4H3. The van der Waals surface area contributed by atoms with Crippen molar-refractivity contribution in [3.63, 3.8) is 0 Å². The highest BCUT2D eigenvalue weighted by atomic mass is 79.9. The summed E-state index contributed by atoms with van der Waals surface area (Å²) in [5.41, 5.74) is 0. The van der Waals surface area contributed by atoms with E-state index in [2.05, 4.69) is 31.9 Å². The van der Waals surface area contributed by atoms with Crippen LogP contribution in [0.3, 0.4) is 0 Å². The quantitative estimate of drug-likeness (QED) is 0.231. The first kappa shape index (κ1) is 24.2. The van der Waals surface area contributed by atoms with E-state index in [0.29, 0.717) is 26.4 Å². The first-order valence-electron chi connectivity index (χ1n) is 8.45. The summed E-state index contributed by atoms with van der Waals surface area (Å²) in [5, 5.41) is 1.79. The molecule has 0 bridgehead atoms. The van der Waals surface area contributed by atoms with E-state index in [4.69, 9.17) is 21.8 Å². The maximum absolute atomic E-state index is 6.54. The normalized spacial score (nSPS) is 12.8. The summed E-state index contributed by atoms with van der Waals surface area (Å²) in [6.45, 7) is 10.2. The monoisotopic (exact) mass is 494 g/mol. The Hall–Kier alpha value is 1.19. The predicted octanol–water partition coefficient (Wildman–Crippen LogP) is 4.60. The molecule has 0 atom stereocenters. The van der Waals surface area contributed by atoms with Gasteiger partial charge in [0.05, 0.1) is 0 Å². The van der Waals surface area contributed by atoms with Gasteiger partial charge in [0.1, 0.15) is 0 Å². The lowest BCUT2D eigenvalue weighted by Gasteiger charge is -2.38. The van der Waals surface area contributed by atoms with Crippen molar-refractivity contribution in [3.8, 4) is 0 Å². The zero-order chi connectivity index (χ0) is 17.6. The fourth-order valence-electron chi connectivity index (χ4n) is 2.28. The van der Waals surface area contributed by atoms with Gasteiger partial charge in [-0.1, -0.05) is 31.9 Å². The first-order valence-corrected chi connectivity index (χ1v) is 14.6. The second-order valence-electron chi connectivity index (χ2n) is 4.79. The molecule has 0 aliphatic carbocycles. The van der Waals surface area contributed by atoms with Crippen LogP contribution in [0.25, 0.3) is 0 Å². The zero-order valence-electron chi connectivity index (χ0n) is 14.9. The average molecular weight is 496 g/mol. The third-order valence-electron chi connectivity index (χ3n) is 3.00. The minimum absolute atomic E-state index is 0.565. The van der Waals surface area contributed by atoms with Gasteiger partial charge in [0.15, 0.2) is 0 Å². The number of alkyl halides is 2. The van der Waals surface area contributed by atoms with Gasteiger partial charge in [0.2, 0.25) is 0 Å². The average Bonchev–Trinajstić information content (AvgIpc) is 2.52. The van der Waals surface area contributed by atoms with Crippen molar-refractivity contribution < 1.29 is 21.8 Å². The van der Waals surface area contributed by atoms with Gasteiger partial charge >= 0.3 is 17.6 Å². The topological polar surface area (TPSA) is 46.2 Å². The van der Waals surface area contributed by atoms with Gasteiger partial charge in [0.25, 0.3) is 0 Å². The SMILES string of the molecule is CCO[Si](CCCBr)(OCC)O[Si](CCCBr)(OCC)OCC. The fraction of sp³-hybridized carbons (Fsp3) is 1.00. The van der Waals surface area contributed by atoms with E-state index in [-0.39, 0.29) is 0 Å². The second kappa shape index (κ2) is 14.4. The van der Waals surface area contributed by atoms with Gasteiger partial charge in [-0.25, -0.2) is 0 Å². The van der Waals surface area contributed by atoms with Crippen LogP contribution in [0, 0.1) is 0 Å².